The van der Waals surface area contributed by atoms with Gasteiger partial charge >= 0.3 is 0 Å². The predicted octanol–water partition coefficient (Wildman–Crippen LogP) is 4.14. The highest BCUT2D eigenvalue weighted by Gasteiger charge is 2.06. The van der Waals surface area contributed by atoms with Gasteiger partial charge in [0.05, 0.1) is 18.5 Å². The summed E-state index contributed by atoms with van der Waals surface area (Å²) in [6.45, 7) is 4.36. The first-order chi connectivity index (χ1) is 9.11. The molecule has 0 fully saturated rings. The molecule has 0 spiro atoms. The monoisotopic (exact) mass is 256 g/mol. The molecule has 19 heavy (non-hydrogen) atoms. The average molecular weight is 256 g/mol. The van der Waals surface area contributed by atoms with Crippen LogP contribution in [-0.4, -0.2) is 7.11 Å². The molecular weight excluding hydrogens is 236 g/mol. The fourth-order valence-electron chi connectivity index (χ4n) is 1.96. The zero-order valence-electron chi connectivity index (χ0n) is 11.6. The maximum absolute atomic E-state index is 6.05. The van der Waals surface area contributed by atoms with Crippen molar-refractivity contribution in [2.75, 3.05) is 18.2 Å². The molecule has 0 heterocycles. The smallest absolute Gasteiger partial charge is 0.143 e. The standard InChI is InChI=1S/C16H20N2O/c1-11(2)12-6-4-7-13(10-12)18-14-8-5-9-15(19-3)16(14)17/h4-11,18H,17H2,1-3H3. The van der Waals surface area contributed by atoms with Crippen molar-refractivity contribution < 1.29 is 4.74 Å². The van der Waals surface area contributed by atoms with Gasteiger partial charge in [-0.1, -0.05) is 32.0 Å². The number of nitrogens with two attached hydrogens (primary N) is 1. The minimum atomic E-state index is 0.504. The SMILES string of the molecule is COc1cccc(Nc2cccc(C(C)C)c2)c1N. The van der Waals surface area contributed by atoms with Crippen LogP contribution in [0.15, 0.2) is 42.5 Å². The largest absolute Gasteiger partial charge is 0.495 e. The van der Waals surface area contributed by atoms with Gasteiger partial charge in [0.1, 0.15) is 5.75 Å². The lowest BCUT2D eigenvalue weighted by Crippen LogP contribution is -1.99. The van der Waals surface area contributed by atoms with Gasteiger partial charge in [-0.25, -0.2) is 0 Å². The molecule has 0 atom stereocenters. The molecule has 0 amide bonds. The Hall–Kier alpha value is -2.16. The van der Waals surface area contributed by atoms with Crippen molar-refractivity contribution in [3.63, 3.8) is 0 Å². The van der Waals surface area contributed by atoms with Crippen LogP contribution in [0.1, 0.15) is 25.3 Å². The lowest BCUT2D eigenvalue weighted by Gasteiger charge is -2.13. The van der Waals surface area contributed by atoms with Crippen LogP contribution in [0.5, 0.6) is 5.75 Å². The van der Waals surface area contributed by atoms with Gasteiger partial charge in [0.15, 0.2) is 0 Å². The summed E-state index contributed by atoms with van der Waals surface area (Å²) in [5.74, 6) is 1.19. The summed E-state index contributed by atoms with van der Waals surface area (Å²) >= 11 is 0. The van der Waals surface area contributed by atoms with Gasteiger partial charge in [-0.2, -0.15) is 0 Å². The van der Waals surface area contributed by atoms with Gasteiger partial charge in [-0.15, -0.1) is 0 Å². The number of methoxy groups -OCH3 is 1. The summed E-state index contributed by atoms with van der Waals surface area (Å²) < 4.78 is 5.22. The lowest BCUT2D eigenvalue weighted by atomic mass is 10.0. The summed E-state index contributed by atoms with van der Waals surface area (Å²) in [6, 6.07) is 14.1. The third-order valence-electron chi connectivity index (χ3n) is 3.12. The van der Waals surface area contributed by atoms with Crippen molar-refractivity contribution in [1.82, 2.24) is 0 Å². The molecule has 0 saturated carbocycles. The van der Waals surface area contributed by atoms with E-state index in [1.165, 1.54) is 5.56 Å². The van der Waals surface area contributed by atoms with Crippen molar-refractivity contribution in [3.05, 3.63) is 48.0 Å². The molecule has 3 N–H and O–H groups in total. The summed E-state index contributed by atoms with van der Waals surface area (Å²) in [6.07, 6.45) is 0. The van der Waals surface area contributed by atoms with Gasteiger partial charge in [0.2, 0.25) is 0 Å². The van der Waals surface area contributed by atoms with Gasteiger partial charge in [0, 0.05) is 5.69 Å². The van der Waals surface area contributed by atoms with Crippen LogP contribution in [0.2, 0.25) is 0 Å². The zero-order valence-corrected chi connectivity index (χ0v) is 11.6. The molecule has 3 heteroatoms. The Balaban J connectivity index is 2.28. The molecule has 100 valence electrons. The normalized spacial score (nSPS) is 10.5. The van der Waals surface area contributed by atoms with Crippen LogP contribution in [0.4, 0.5) is 17.1 Å². The van der Waals surface area contributed by atoms with E-state index in [1.54, 1.807) is 7.11 Å². The highest BCUT2D eigenvalue weighted by molar-refractivity contribution is 5.77. The van der Waals surface area contributed by atoms with Crippen molar-refractivity contribution in [1.29, 1.82) is 0 Å². The van der Waals surface area contributed by atoms with Crippen molar-refractivity contribution in [2.24, 2.45) is 0 Å². The maximum Gasteiger partial charge on any atom is 0.143 e. The van der Waals surface area contributed by atoms with E-state index in [9.17, 15) is 0 Å². The number of hydrogen-bond acceptors (Lipinski definition) is 3. The van der Waals surface area contributed by atoms with E-state index in [1.807, 2.05) is 30.3 Å². The Bertz CT molecular complexity index is 564. The topological polar surface area (TPSA) is 47.3 Å². The Morgan fingerprint density at radius 2 is 1.84 bits per heavy atom. The first kappa shape index (κ1) is 13.3. The number of nitrogens with one attached hydrogen (secondary N) is 1. The van der Waals surface area contributed by atoms with Crippen LogP contribution in [0.25, 0.3) is 0 Å². The molecule has 0 radical (unpaired) electrons. The summed E-state index contributed by atoms with van der Waals surface area (Å²) in [7, 11) is 1.62. The fourth-order valence-corrected chi connectivity index (χ4v) is 1.96. The molecule has 0 bridgehead atoms. The van der Waals surface area contributed by atoms with Crippen LogP contribution < -0.4 is 15.8 Å². The van der Waals surface area contributed by atoms with Gasteiger partial charge in [-0.05, 0) is 35.7 Å². The number of rotatable bonds is 4. The molecule has 0 aliphatic heterocycles. The summed E-state index contributed by atoms with van der Waals surface area (Å²) in [5.41, 5.74) is 9.87. The van der Waals surface area contributed by atoms with Gasteiger partial charge < -0.3 is 15.8 Å². The Morgan fingerprint density at radius 3 is 2.53 bits per heavy atom. The zero-order chi connectivity index (χ0) is 13.8. The molecular formula is C16H20N2O. The molecule has 0 saturated heterocycles. The van der Waals surface area contributed by atoms with E-state index in [2.05, 4.69) is 31.3 Å². The van der Waals surface area contributed by atoms with Crippen molar-refractivity contribution >= 4 is 17.1 Å². The van der Waals surface area contributed by atoms with E-state index in [0.29, 0.717) is 17.4 Å². The Labute approximate surface area is 114 Å². The summed E-state index contributed by atoms with van der Waals surface area (Å²) in [4.78, 5) is 0. The third kappa shape index (κ3) is 2.99. The molecule has 2 rings (SSSR count). The van der Waals surface area contributed by atoms with Crippen LogP contribution >= 0.6 is 0 Å². The Kier molecular flexibility index (Phi) is 3.95. The number of anilines is 3. The van der Waals surface area contributed by atoms with E-state index in [0.717, 1.165) is 11.4 Å². The maximum atomic E-state index is 6.05. The van der Waals surface area contributed by atoms with Crippen LogP contribution in [0.3, 0.4) is 0 Å². The first-order valence-electron chi connectivity index (χ1n) is 6.41. The molecule has 2 aromatic carbocycles. The number of para-hydroxylation sites is 1. The predicted molar refractivity (Wildman–Crippen MR) is 81.2 cm³/mol. The van der Waals surface area contributed by atoms with Crippen molar-refractivity contribution in [2.45, 2.75) is 19.8 Å². The highest BCUT2D eigenvalue weighted by Crippen LogP contribution is 2.31. The molecule has 0 aliphatic carbocycles. The highest BCUT2D eigenvalue weighted by atomic mass is 16.5. The third-order valence-corrected chi connectivity index (χ3v) is 3.12. The van der Waals surface area contributed by atoms with Gasteiger partial charge in [0.25, 0.3) is 0 Å². The second-order valence-electron chi connectivity index (χ2n) is 4.83. The van der Waals surface area contributed by atoms with Crippen LogP contribution in [0, 0.1) is 0 Å². The molecule has 0 unspecified atom stereocenters. The average Bonchev–Trinajstić information content (AvgIpc) is 2.41. The van der Waals surface area contributed by atoms with E-state index < -0.39 is 0 Å². The van der Waals surface area contributed by atoms with Gasteiger partial charge in [-0.3, -0.25) is 0 Å². The number of benzene rings is 2. The van der Waals surface area contributed by atoms with E-state index >= 15 is 0 Å². The Morgan fingerprint density at radius 1 is 1.11 bits per heavy atom. The van der Waals surface area contributed by atoms with E-state index in [4.69, 9.17) is 10.5 Å². The fraction of sp³-hybridized carbons (Fsp3) is 0.250. The quantitative estimate of drug-likeness (QED) is 0.808. The van der Waals surface area contributed by atoms with E-state index in [-0.39, 0.29) is 0 Å². The molecule has 3 nitrogen and oxygen atoms in total. The molecule has 0 aromatic heterocycles. The minimum Gasteiger partial charge on any atom is -0.495 e. The second kappa shape index (κ2) is 5.65. The van der Waals surface area contributed by atoms with Crippen LogP contribution in [-0.2, 0) is 0 Å². The number of nitrogen functional groups attached to an aromatic ring is 1. The van der Waals surface area contributed by atoms with Crippen molar-refractivity contribution in [3.8, 4) is 5.75 Å². The first-order valence-corrected chi connectivity index (χ1v) is 6.41. The number of ether oxygens (including phenoxy) is 1. The number of hydrogen-bond donors (Lipinski definition) is 2. The minimum absolute atomic E-state index is 0.504. The lowest BCUT2D eigenvalue weighted by molar-refractivity contribution is 0.417. The molecule has 0 aliphatic rings. The molecule has 2 aromatic rings. The second-order valence-corrected chi connectivity index (χ2v) is 4.83. The summed E-state index contributed by atoms with van der Waals surface area (Å²) in [5, 5.41) is 3.34.